The minimum atomic E-state index is 0.735. The zero-order valence-electron chi connectivity index (χ0n) is 9.81. The van der Waals surface area contributed by atoms with E-state index in [4.69, 9.17) is 0 Å². The monoisotopic (exact) mass is 195 g/mol. The first-order chi connectivity index (χ1) is 6.78. The maximum Gasteiger partial charge on any atom is 0.00684 e. The first-order valence-corrected chi connectivity index (χ1v) is 6.51. The molecule has 0 amide bonds. The zero-order valence-corrected chi connectivity index (χ0v) is 9.81. The molecule has 2 aliphatic rings. The second-order valence-electron chi connectivity index (χ2n) is 5.54. The topological polar surface area (TPSA) is 12.0 Å². The Balaban J connectivity index is 1.70. The molecular weight excluding hydrogens is 170 g/mol. The molecule has 1 heteroatoms. The molecule has 0 saturated heterocycles. The van der Waals surface area contributed by atoms with E-state index in [1.165, 1.54) is 51.5 Å². The van der Waals surface area contributed by atoms with E-state index >= 15 is 0 Å². The fourth-order valence-corrected chi connectivity index (χ4v) is 2.47. The first-order valence-electron chi connectivity index (χ1n) is 6.51. The molecule has 14 heavy (non-hydrogen) atoms. The molecule has 1 N–H and O–H groups in total. The lowest BCUT2D eigenvalue weighted by Gasteiger charge is -2.21. The highest BCUT2D eigenvalue weighted by molar-refractivity contribution is 4.97. The molecule has 0 heterocycles. The van der Waals surface area contributed by atoms with Gasteiger partial charge in [-0.25, -0.2) is 0 Å². The van der Waals surface area contributed by atoms with Crippen LogP contribution in [0.5, 0.6) is 0 Å². The van der Waals surface area contributed by atoms with Gasteiger partial charge in [-0.1, -0.05) is 26.7 Å². The first kappa shape index (κ1) is 10.5. The quantitative estimate of drug-likeness (QED) is 0.657. The molecule has 2 aliphatic carbocycles. The van der Waals surface area contributed by atoms with E-state index in [0.29, 0.717) is 0 Å². The van der Waals surface area contributed by atoms with Crippen molar-refractivity contribution >= 4 is 0 Å². The van der Waals surface area contributed by atoms with Crippen molar-refractivity contribution in [2.45, 2.75) is 64.8 Å². The molecule has 0 radical (unpaired) electrons. The number of rotatable bonds is 7. The molecule has 0 spiro atoms. The molecule has 0 aromatic carbocycles. The van der Waals surface area contributed by atoms with Crippen molar-refractivity contribution in [2.75, 3.05) is 6.54 Å². The fourth-order valence-electron chi connectivity index (χ4n) is 2.47. The van der Waals surface area contributed by atoms with Crippen molar-refractivity contribution in [3.8, 4) is 0 Å². The van der Waals surface area contributed by atoms with Gasteiger partial charge >= 0.3 is 0 Å². The summed E-state index contributed by atoms with van der Waals surface area (Å²) in [6.07, 6.45) is 10.1. The molecule has 82 valence electrons. The highest BCUT2D eigenvalue weighted by Gasteiger charge is 2.43. The van der Waals surface area contributed by atoms with Gasteiger partial charge < -0.3 is 5.32 Å². The number of nitrogens with one attached hydrogen (secondary N) is 1. The predicted octanol–water partition coefficient (Wildman–Crippen LogP) is 3.34. The Morgan fingerprint density at radius 1 is 1.21 bits per heavy atom. The van der Waals surface area contributed by atoms with Gasteiger partial charge in [-0.05, 0) is 43.4 Å². The summed E-state index contributed by atoms with van der Waals surface area (Å²) >= 11 is 0. The Morgan fingerprint density at radius 2 is 1.86 bits per heavy atom. The van der Waals surface area contributed by atoms with E-state index in [1.807, 2.05) is 0 Å². The molecule has 1 nitrogen and oxygen atoms in total. The molecule has 2 fully saturated rings. The van der Waals surface area contributed by atoms with E-state index in [-0.39, 0.29) is 0 Å². The second kappa shape index (κ2) is 4.22. The summed E-state index contributed by atoms with van der Waals surface area (Å²) in [4.78, 5) is 0. The summed E-state index contributed by atoms with van der Waals surface area (Å²) in [5, 5.41) is 3.71. The van der Waals surface area contributed by atoms with Gasteiger partial charge in [0.2, 0.25) is 0 Å². The summed E-state index contributed by atoms with van der Waals surface area (Å²) in [6.45, 7) is 6.01. The van der Waals surface area contributed by atoms with Gasteiger partial charge in [-0.3, -0.25) is 0 Å². The summed E-state index contributed by atoms with van der Waals surface area (Å²) < 4.78 is 0. The van der Waals surface area contributed by atoms with Gasteiger partial charge in [0.05, 0.1) is 0 Å². The molecule has 0 atom stereocenters. The van der Waals surface area contributed by atoms with Crippen LogP contribution in [-0.2, 0) is 0 Å². The Labute approximate surface area is 88.7 Å². The lowest BCUT2D eigenvalue weighted by molar-refractivity contribution is 0.321. The van der Waals surface area contributed by atoms with Crippen LogP contribution in [0.3, 0.4) is 0 Å². The van der Waals surface area contributed by atoms with Gasteiger partial charge in [0.25, 0.3) is 0 Å². The van der Waals surface area contributed by atoms with Gasteiger partial charge in [0, 0.05) is 12.6 Å². The van der Waals surface area contributed by atoms with Crippen molar-refractivity contribution < 1.29 is 0 Å². The maximum absolute atomic E-state index is 3.71. The Hall–Kier alpha value is -0.0400. The third-order valence-corrected chi connectivity index (χ3v) is 4.18. The summed E-state index contributed by atoms with van der Waals surface area (Å²) in [7, 11) is 0. The summed E-state index contributed by atoms with van der Waals surface area (Å²) in [6, 6.07) is 0.897. The molecule has 2 rings (SSSR count). The smallest absolute Gasteiger partial charge is 0.00684 e. The van der Waals surface area contributed by atoms with Gasteiger partial charge in [-0.15, -0.1) is 0 Å². The molecule has 0 aromatic rings. The van der Waals surface area contributed by atoms with Crippen LogP contribution in [0.1, 0.15) is 58.8 Å². The van der Waals surface area contributed by atoms with Crippen LogP contribution in [0.15, 0.2) is 0 Å². The molecule has 0 aromatic heterocycles. The van der Waals surface area contributed by atoms with Crippen LogP contribution < -0.4 is 5.32 Å². The zero-order chi connectivity index (χ0) is 10.0. The van der Waals surface area contributed by atoms with E-state index < -0.39 is 0 Å². The Kier molecular flexibility index (Phi) is 3.16. The van der Waals surface area contributed by atoms with Crippen LogP contribution in [0.25, 0.3) is 0 Å². The highest BCUT2D eigenvalue weighted by Crippen LogP contribution is 2.51. The number of hydrogen-bond acceptors (Lipinski definition) is 1. The lowest BCUT2D eigenvalue weighted by atomic mass is 9.88. The molecule has 0 unspecified atom stereocenters. The predicted molar refractivity (Wildman–Crippen MR) is 61.4 cm³/mol. The molecule has 0 bridgehead atoms. The van der Waals surface area contributed by atoms with Crippen LogP contribution >= 0.6 is 0 Å². The fraction of sp³-hybridized carbons (Fsp3) is 1.00. The van der Waals surface area contributed by atoms with Crippen LogP contribution in [0.2, 0.25) is 0 Å². The van der Waals surface area contributed by atoms with Gasteiger partial charge in [-0.2, -0.15) is 0 Å². The maximum atomic E-state index is 3.71. The average Bonchev–Trinajstić information content (AvgIpc) is 3.07. The summed E-state index contributed by atoms with van der Waals surface area (Å²) in [5.41, 5.74) is 0.735. The lowest BCUT2D eigenvalue weighted by Crippen LogP contribution is -2.27. The standard InChI is InChI=1S/C13H25N/c1-3-11(4-2)9-13(7-8-13)10-14-12-5-6-12/h11-12,14H,3-10H2,1-2H3. The van der Waals surface area contributed by atoms with Crippen molar-refractivity contribution in [3.05, 3.63) is 0 Å². The normalized spacial score (nSPS) is 24.2. The molecule has 0 aliphatic heterocycles. The Morgan fingerprint density at radius 3 is 2.29 bits per heavy atom. The van der Waals surface area contributed by atoms with Gasteiger partial charge in [0.15, 0.2) is 0 Å². The van der Waals surface area contributed by atoms with Crippen LogP contribution in [0, 0.1) is 11.3 Å². The highest BCUT2D eigenvalue weighted by atomic mass is 15.0. The Bertz CT molecular complexity index is 176. The number of hydrogen-bond donors (Lipinski definition) is 1. The minimum Gasteiger partial charge on any atom is -0.313 e. The van der Waals surface area contributed by atoms with Crippen molar-refractivity contribution in [1.29, 1.82) is 0 Å². The SMILES string of the molecule is CCC(CC)CC1(CNC2CC2)CC1. The summed E-state index contributed by atoms with van der Waals surface area (Å²) in [5.74, 6) is 0.985. The van der Waals surface area contributed by atoms with E-state index in [1.54, 1.807) is 0 Å². The second-order valence-corrected chi connectivity index (χ2v) is 5.54. The van der Waals surface area contributed by atoms with E-state index in [0.717, 1.165) is 17.4 Å². The largest absolute Gasteiger partial charge is 0.313 e. The van der Waals surface area contributed by atoms with Crippen LogP contribution in [0.4, 0.5) is 0 Å². The van der Waals surface area contributed by atoms with E-state index in [9.17, 15) is 0 Å². The third kappa shape index (κ3) is 2.73. The van der Waals surface area contributed by atoms with Crippen LogP contribution in [-0.4, -0.2) is 12.6 Å². The van der Waals surface area contributed by atoms with Crippen molar-refractivity contribution in [3.63, 3.8) is 0 Å². The van der Waals surface area contributed by atoms with Crippen molar-refractivity contribution in [1.82, 2.24) is 5.32 Å². The third-order valence-electron chi connectivity index (χ3n) is 4.18. The van der Waals surface area contributed by atoms with Gasteiger partial charge in [0.1, 0.15) is 0 Å². The minimum absolute atomic E-state index is 0.735. The molecule has 2 saturated carbocycles. The van der Waals surface area contributed by atoms with E-state index in [2.05, 4.69) is 19.2 Å². The van der Waals surface area contributed by atoms with Crippen molar-refractivity contribution in [2.24, 2.45) is 11.3 Å². The molecular formula is C13H25N. The average molecular weight is 195 g/mol.